The molecule has 0 bridgehead atoms. The molecule has 1 fully saturated rings. The lowest BCUT2D eigenvalue weighted by Gasteiger charge is -2.36. The van der Waals surface area contributed by atoms with Gasteiger partial charge in [0.05, 0.1) is 0 Å². The van der Waals surface area contributed by atoms with Crippen molar-refractivity contribution in [2.45, 2.75) is 26.2 Å². The Labute approximate surface area is 96.6 Å². The predicted octanol–water partition coefficient (Wildman–Crippen LogP) is 3.18. The minimum atomic E-state index is 0.751. The van der Waals surface area contributed by atoms with Crippen LogP contribution in [0.4, 0.5) is 0 Å². The van der Waals surface area contributed by atoms with Crippen LogP contribution in [0.1, 0.15) is 24.0 Å². The van der Waals surface area contributed by atoms with Crippen LogP contribution in [0.25, 0.3) is 0 Å². The SMILES string of the molecule is Cc1cc(CC2CCC2CN)ccc1Cl. The van der Waals surface area contributed by atoms with E-state index >= 15 is 0 Å². The summed E-state index contributed by atoms with van der Waals surface area (Å²) in [7, 11) is 0. The first-order valence-electron chi connectivity index (χ1n) is 5.66. The predicted molar refractivity (Wildman–Crippen MR) is 65.2 cm³/mol. The van der Waals surface area contributed by atoms with Gasteiger partial charge in [-0.2, -0.15) is 0 Å². The molecule has 0 heterocycles. The molecule has 0 aliphatic heterocycles. The van der Waals surface area contributed by atoms with Crippen molar-refractivity contribution >= 4 is 11.6 Å². The van der Waals surface area contributed by atoms with E-state index in [9.17, 15) is 0 Å². The van der Waals surface area contributed by atoms with Gasteiger partial charge in [-0.3, -0.25) is 0 Å². The van der Waals surface area contributed by atoms with Gasteiger partial charge < -0.3 is 5.73 Å². The van der Waals surface area contributed by atoms with Gasteiger partial charge in [0.15, 0.2) is 0 Å². The van der Waals surface area contributed by atoms with E-state index in [1.807, 2.05) is 6.07 Å². The van der Waals surface area contributed by atoms with Crippen LogP contribution in [0.15, 0.2) is 18.2 Å². The van der Waals surface area contributed by atoms with Crippen LogP contribution in [0, 0.1) is 18.8 Å². The summed E-state index contributed by atoms with van der Waals surface area (Å²) < 4.78 is 0. The molecule has 1 aromatic rings. The summed E-state index contributed by atoms with van der Waals surface area (Å²) in [5.74, 6) is 1.55. The molecule has 82 valence electrons. The first-order valence-corrected chi connectivity index (χ1v) is 6.03. The summed E-state index contributed by atoms with van der Waals surface area (Å²) in [6.45, 7) is 2.91. The van der Waals surface area contributed by atoms with Crippen LogP contribution >= 0.6 is 11.6 Å². The number of benzene rings is 1. The molecule has 2 rings (SSSR count). The maximum atomic E-state index is 6.00. The van der Waals surface area contributed by atoms with Gasteiger partial charge >= 0.3 is 0 Å². The number of rotatable bonds is 3. The smallest absolute Gasteiger partial charge is 0.0435 e. The highest BCUT2D eigenvalue weighted by atomic mass is 35.5. The average Bonchev–Trinajstić information content (AvgIpc) is 2.19. The highest BCUT2D eigenvalue weighted by Gasteiger charge is 2.29. The Morgan fingerprint density at radius 2 is 2.07 bits per heavy atom. The molecule has 1 aromatic carbocycles. The summed E-state index contributed by atoms with van der Waals surface area (Å²) in [6, 6.07) is 6.35. The molecule has 2 N–H and O–H groups in total. The largest absolute Gasteiger partial charge is 0.330 e. The lowest BCUT2D eigenvalue weighted by Crippen LogP contribution is -2.33. The number of hydrogen-bond acceptors (Lipinski definition) is 1. The van der Waals surface area contributed by atoms with E-state index in [0.717, 1.165) is 23.4 Å². The van der Waals surface area contributed by atoms with Crippen molar-refractivity contribution in [3.63, 3.8) is 0 Å². The van der Waals surface area contributed by atoms with Crippen LogP contribution in [-0.2, 0) is 6.42 Å². The third kappa shape index (κ3) is 2.35. The summed E-state index contributed by atoms with van der Waals surface area (Å²) in [6.07, 6.45) is 3.82. The van der Waals surface area contributed by atoms with Gasteiger partial charge in [0.1, 0.15) is 0 Å². The van der Waals surface area contributed by atoms with E-state index in [4.69, 9.17) is 17.3 Å². The molecule has 0 radical (unpaired) electrons. The van der Waals surface area contributed by atoms with Crippen molar-refractivity contribution in [1.29, 1.82) is 0 Å². The maximum Gasteiger partial charge on any atom is 0.0435 e. The average molecular weight is 224 g/mol. The molecular weight excluding hydrogens is 206 g/mol. The fourth-order valence-electron chi connectivity index (χ4n) is 2.35. The van der Waals surface area contributed by atoms with Crippen molar-refractivity contribution in [3.8, 4) is 0 Å². The van der Waals surface area contributed by atoms with Gasteiger partial charge in [-0.1, -0.05) is 23.7 Å². The number of hydrogen-bond donors (Lipinski definition) is 1. The van der Waals surface area contributed by atoms with E-state index < -0.39 is 0 Å². The van der Waals surface area contributed by atoms with Crippen LogP contribution in [0.3, 0.4) is 0 Å². The maximum absolute atomic E-state index is 6.00. The minimum absolute atomic E-state index is 0.751. The second-order valence-corrected chi connectivity index (χ2v) is 5.03. The van der Waals surface area contributed by atoms with Crippen molar-refractivity contribution in [2.75, 3.05) is 6.54 Å². The zero-order valence-electron chi connectivity index (χ0n) is 9.17. The molecule has 0 aromatic heterocycles. The normalized spacial score (nSPS) is 25.0. The summed E-state index contributed by atoms with van der Waals surface area (Å²) in [4.78, 5) is 0. The Morgan fingerprint density at radius 3 is 2.60 bits per heavy atom. The molecule has 1 aliphatic rings. The van der Waals surface area contributed by atoms with Gasteiger partial charge in [0, 0.05) is 5.02 Å². The third-order valence-corrected chi connectivity index (χ3v) is 4.02. The molecule has 2 atom stereocenters. The Morgan fingerprint density at radius 1 is 1.33 bits per heavy atom. The summed E-state index contributed by atoms with van der Waals surface area (Å²) >= 11 is 6.00. The Balaban J connectivity index is 2.02. The van der Waals surface area contributed by atoms with E-state index in [1.165, 1.54) is 30.4 Å². The molecule has 0 spiro atoms. The second kappa shape index (κ2) is 4.54. The van der Waals surface area contributed by atoms with Gasteiger partial charge in [-0.05, 0) is 61.8 Å². The van der Waals surface area contributed by atoms with Crippen molar-refractivity contribution < 1.29 is 0 Å². The third-order valence-electron chi connectivity index (χ3n) is 3.60. The first-order chi connectivity index (χ1) is 7.20. The lowest BCUT2D eigenvalue weighted by atomic mass is 9.71. The minimum Gasteiger partial charge on any atom is -0.330 e. The highest BCUT2D eigenvalue weighted by molar-refractivity contribution is 6.31. The van der Waals surface area contributed by atoms with Crippen LogP contribution in [0.2, 0.25) is 5.02 Å². The molecule has 15 heavy (non-hydrogen) atoms. The molecule has 1 aliphatic carbocycles. The number of halogens is 1. The Kier molecular flexibility index (Phi) is 3.32. The molecule has 0 saturated heterocycles. The fourth-order valence-corrected chi connectivity index (χ4v) is 2.47. The highest BCUT2D eigenvalue weighted by Crippen LogP contribution is 2.36. The van der Waals surface area contributed by atoms with Gasteiger partial charge in [0.2, 0.25) is 0 Å². The molecule has 1 nitrogen and oxygen atoms in total. The van der Waals surface area contributed by atoms with Crippen LogP contribution in [0.5, 0.6) is 0 Å². The van der Waals surface area contributed by atoms with Gasteiger partial charge in [0.25, 0.3) is 0 Å². The van der Waals surface area contributed by atoms with Gasteiger partial charge in [-0.25, -0.2) is 0 Å². The lowest BCUT2D eigenvalue weighted by molar-refractivity contribution is 0.183. The van der Waals surface area contributed by atoms with Crippen LogP contribution in [-0.4, -0.2) is 6.54 Å². The Bertz CT molecular complexity index is 346. The van der Waals surface area contributed by atoms with Gasteiger partial charge in [-0.15, -0.1) is 0 Å². The zero-order valence-corrected chi connectivity index (χ0v) is 9.93. The number of aryl methyl sites for hydroxylation is 1. The summed E-state index contributed by atoms with van der Waals surface area (Å²) in [5.41, 5.74) is 8.29. The standard InChI is InChI=1S/C13H18ClN/c1-9-6-10(2-5-13(9)14)7-11-3-4-12(11)8-15/h2,5-6,11-12H,3-4,7-8,15H2,1H3. The van der Waals surface area contributed by atoms with Crippen molar-refractivity contribution in [1.82, 2.24) is 0 Å². The first kappa shape index (κ1) is 11.0. The monoisotopic (exact) mass is 223 g/mol. The van der Waals surface area contributed by atoms with E-state index in [1.54, 1.807) is 0 Å². The second-order valence-electron chi connectivity index (χ2n) is 4.62. The van der Waals surface area contributed by atoms with Crippen molar-refractivity contribution in [3.05, 3.63) is 34.3 Å². The van der Waals surface area contributed by atoms with Crippen LogP contribution < -0.4 is 5.73 Å². The fraction of sp³-hybridized carbons (Fsp3) is 0.538. The summed E-state index contributed by atoms with van der Waals surface area (Å²) in [5, 5.41) is 0.864. The van der Waals surface area contributed by atoms with E-state index in [2.05, 4.69) is 19.1 Å². The topological polar surface area (TPSA) is 26.0 Å². The number of nitrogens with two attached hydrogens (primary N) is 1. The van der Waals surface area contributed by atoms with E-state index in [0.29, 0.717) is 0 Å². The molecule has 1 saturated carbocycles. The molecule has 2 unspecified atom stereocenters. The molecule has 0 amide bonds. The quantitative estimate of drug-likeness (QED) is 0.837. The van der Waals surface area contributed by atoms with E-state index in [-0.39, 0.29) is 0 Å². The van der Waals surface area contributed by atoms with Crippen molar-refractivity contribution in [2.24, 2.45) is 17.6 Å². The Hall–Kier alpha value is -0.530. The molecular formula is C13H18ClN. The zero-order chi connectivity index (χ0) is 10.8. The molecule has 2 heteroatoms.